The van der Waals surface area contributed by atoms with E-state index < -0.39 is 12.0 Å². The second-order valence-electron chi connectivity index (χ2n) is 4.39. The lowest BCUT2D eigenvalue weighted by Crippen LogP contribution is -2.56. The number of ether oxygens (including phenoxy) is 1. The highest BCUT2D eigenvalue weighted by molar-refractivity contribution is 5.83. The van der Waals surface area contributed by atoms with Gasteiger partial charge in [0.2, 0.25) is 0 Å². The molecule has 1 fully saturated rings. The summed E-state index contributed by atoms with van der Waals surface area (Å²) in [6.07, 6.45) is 1.74. The highest BCUT2D eigenvalue weighted by Crippen LogP contribution is 2.11. The minimum atomic E-state index is -1.00. The van der Waals surface area contributed by atoms with Crippen molar-refractivity contribution in [2.75, 3.05) is 32.8 Å². The third kappa shape index (κ3) is 3.60. The van der Waals surface area contributed by atoms with Gasteiger partial charge in [-0.1, -0.05) is 13.8 Å². The SMILES string of the molecule is CCCN(CCC)C(=O)N1CCOCC1C(=O)O. The number of amides is 2. The maximum Gasteiger partial charge on any atom is 0.328 e. The average molecular weight is 258 g/mol. The summed E-state index contributed by atoms with van der Waals surface area (Å²) in [4.78, 5) is 26.6. The van der Waals surface area contributed by atoms with Gasteiger partial charge in [-0.15, -0.1) is 0 Å². The molecule has 1 saturated heterocycles. The number of carboxylic acid groups (broad SMARTS) is 1. The number of hydrogen-bond donors (Lipinski definition) is 1. The minimum absolute atomic E-state index is 0.0766. The van der Waals surface area contributed by atoms with Crippen LogP contribution in [0, 0.1) is 0 Å². The number of aliphatic carboxylic acids is 1. The molecule has 1 heterocycles. The predicted octanol–water partition coefficient (Wildman–Crippen LogP) is 1.01. The molecule has 104 valence electrons. The van der Waals surface area contributed by atoms with Crippen molar-refractivity contribution in [1.82, 2.24) is 9.80 Å². The molecular formula is C12H22N2O4. The van der Waals surface area contributed by atoms with Crippen molar-refractivity contribution in [3.05, 3.63) is 0 Å². The number of carbonyl (C=O) groups excluding carboxylic acids is 1. The van der Waals surface area contributed by atoms with Gasteiger partial charge < -0.3 is 19.6 Å². The zero-order chi connectivity index (χ0) is 13.5. The lowest BCUT2D eigenvalue weighted by Gasteiger charge is -2.36. The van der Waals surface area contributed by atoms with Crippen LogP contribution in [0.15, 0.2) is 0 Å². The molecule has 18 heavy (non-hydrogen) atoms. The minimum Gasteiger partial charge on any atom is -0.480 e. The fraction of sp³-hybridized carbons (Fsp3) is 0.833. The topological polar surface area (TPSA) is 70.1 Å². The van der Waals surface area contributed by atoms with Crippen LogP contribution in [0.3, 0.4) is 0 Å². The van der Waals surface area contributed by atoms with Crippen LogP contribution in [0.5, 0.6) is 0 Å². The molecule has 1 N–H and O–H groups in total. The molecule has 0 aromatic rings. The van der Waals surface area contributed by atoms with Gasteiger partial charge in [0.25, 0.3) is 0 Å². The molecule has 6 heteroatoms. The zero-order valence-corrected chi connectivity index (χ0v) is 11.1. The predicted molar refractivity (Wildman–Crippen MR) is 66.5 cm³/mol. The molecular weight excluding hydrogens is 236 g/mol. The maximum atomic E-state index is 12.3. The number of carboxylic acids is 1. The van der Waals surface area contributed by atoms with E-state index in [2.05, 4.69) is 0 Å². The molecule has 0 radical (unpaired) electrons. The number of urea groups is 1. The summed E-state index contributed by atoms with van der Waals surface area (Å²) in [5.74, 6) is -1.00. The second kappa shape index (κ2) is 7.20. The summed E-state index contributed by atoms with van der Waals surface area (Å²) in [5, 5.41) is 9.11. The summed E-state index contributed by atoms with van der Waals surface area (Å²) < 4.78 is 5.13. The van der Waals surface area contributed by atoms with Crippen LogP contribution in [-0.4, -0.2) is 65.8 Å². The number of hydrogen-bond acceptors (Lipinski definition) is 3. The van der Waals surface area contributed by atoms with E-state index in [1.54, 1.807) is 4.90 Å². The van der Waals surface area contributed by atoms with Gasteiger partial charge in [-0.25, -0.2) is 9.59 Å². The van der Waals surface area contributed by atoms with E-state index in [-0.39, 0.29) is 12.6 Å². The second-order valence-corrected chi connectivity index (χ2v) is 4.39. The van der Waals surface area contributed by atoms with E-state index >= 15 is 0 Å². The number of carbonyl (C=O) groups is 2. The van der Waals surface area contributed by atoms with Gasteiger partial charge in [0.1, 0.15) is 0 Å². The van der Waals surface area contributed by atoms with Crippen molar-refractivity contribution in [3.63, 3.8) is 0 Å². The summed E-state index contributed by atoms with van der Waals surface area (Å²) in [5.41, 5.74) is 0. The molecule has 0 saturated carbocycles. The van der Waals surface area contributed by atoms with Gasteiger partial charge in [0.05, 0.1) is 13.2 Å². The van der Waals surface area contributed by atoms with E-state index in [4.69, 9.17) is 9.84 Å². The molecule has 1 atom stereocenters. The van der Waals surface area contributed by atoms with Gasteiger partial charge in [-0.05, 0) is 12.8 Å². The zero-order valence-electron chi connectivity index (χ0n) is 11.1. The molecule has 0 aliphatic carbocycles. The fourth-order valence-electron chi connectivity index (χ4n) is 2.06. The van der Waals surface area contributed by atoms with Crippen molar-refractivity contribution in [2.45, 2.75) is 32.7 Å². The third-order valence-electron chi connectivity index (χ3n) is 2.92. The van der Waals surface area contributed by atoms with Crippen molar-refractivity contribution in [2.24, 2.45) is 0 Å². The van der Waals surface area contributed by atoms with Crippen LogP contribution in [0.2, 0.25) is 0 Å². The highest BCUT2D eigenvalue weighted by Gasteiger charge is 2.34. The first-order valence-corrected chi connectivity index (χ1v) is 6.47. The van der Waals surface area contributed by atoms with Gasteiger partial charge in [-0.3, -0.25) is 0 Å². The van der Waals surface area contributed by atoms with E-state index in [1.165, 1.54) is 4.90 Å². The quantitative estimate of drug-likeness (QED) is 0.799. The first-order chi connectivity index (χ1) is 8.61. The first-order valence-electron chi connectivity index (χ1n) is 6.47. The molecule has 0 aromatic heterocycles. The van der Waals surface area contributed by atoms with Crippen LogP contribution >= 0.6 is 0 Å². The summed E-state index contributed by atoms with van der Waals surface area (Å²) >= 11 is 0. The summed E-state index contributed by atoms with van der Waals surface area (Å²) in [6.45, 7) is 6.16. The summed E-state index contributed by atoms with van der Waals surface area (Å²) in [7, 11) is 0. The van der Waals surface area contributed by atoms with Gasteiger partial charge in [0.15, 0.2) is 6.04 Å². The Morgan fingerprint density at radius 2 is 1.94 bits per heavy atom. The molecule has 0 spiro atoms. The molecule has 1 rings (SSSR count). The molecule has 6 nitrogen and oxygen atoms in total. The Balaban J connectivity index is 2.73. The van der Waals surface area contributed by atoms with E-state index in [0.717, 1.165) is 12.8 Å². The van der Waals surface area contributed by atoms with Crippen LogP contribution < -0.4 is 0 Å². The van der Waals surface area contributed by atoms with Gasteiger partial charge in [0, 0.05) is 19.6 Å². The van der Waals surface area contributed by atoms with Crippen molar-refractivity contribution in [3.8, 4) is 0 Å². The fourth-order valence-corrected chi connectivity index (χ4v) is 2.06. The Labute approximate surface area is 107 Å². The number of morpholine rings is 1. The molecule has 0 bridgehead atoms. The molecule has 1 unspecified atom stereocenters. The van der Waals surface area contributed by atoms with Crippen LogP contribution in [-0.2, 0) is 9.53 Å². The van der Waals surface area contributed by atoms with Crippen molar-refractivity contribution < 1.29 is 19.4 Å². The van der Waals surface area contributed by atoms with E-state index in [9.17, 15) is 9.59 Å². The number of rotatable bonds is 5. The van der Waals surface area contributed by atoms with Gasteiger partial charge in [-0.2, -0.15) is 0 Å². The molecule has 1 aliphatic heterocycles. The first kappa shape index (κ1) is 14.8. The maximum absolute atomic E-state index is 12.3. The largest absolute Gasteiger partial charge is 0.480 e. The Morgan fingerprint density at radius 3 is 2.44 bits per heavy atom. The molecule has 1 aliphatic rings. The standard InChI is InChI=1S/C12H22N2O4/c1-3-5-13(6-4-2)12(17)14-7-8-18-9-10(14)11(15)16/h10H,3-9H2,1-2H3,(H,15,16). The Hall–Kier alpha value is -1.30. The summed E-state index contributed by atoms with van der Waals surface area (Å²) in [6, 6.07) is -1.04. The lowest BCUT2D eigenvalue weighted by molar-refractivity contribution is -0.147. The number of nitrogens with zero attached hydrogens (tertiary/aromatic N) is 2. The highest BCUT2D eigenvalue weighted by atomic mass is 16.5. The van der Waals surface area contributed by atoms with Crippen LogP contribution in [0.4, 0.5) is 4.79 Å². The van der Waals surface area contributed by atoms with Crippen LogP contribution in [0.25, 0.3) is 0 Å². The normalized spacial score (nSPS) is 19.7. The third-order valence-corrected chi connectivity index (χ3v) is 2.92. The average Bonchev–Trinajstić information content (AvgIpc) is 2.37. The Kier molecular flexibility index (Phi) is 5.91. The Bertz CT molecular complexity index is 290. The van der Waals surface area contributed by atoms with Gasteiger partial charge >= 0.3 is 12.0 Å². The van der Waals surface area contributed by atoms with Crippen molar-refractivity contribution in [1.29, 1.82) is 0 Å². The van der Waals surface area contributed by atoms with E-state index in [0.29, 0.717) is 26.2 Å². The smallest absolute Gasteiger partial charge is 0.328 e. The lowest BCUT2D eigenvalue weighted by atomic mass is 10.2. The van der Waals surface area contributed by atoms with Crippen LogP contribution in [0.1, 0.15) is 26.7 Å². The monoisotopic (exact) mass is 258 g/mol. The Morgan fingerprint density at radius 1 is 1.33 bits per heavy atom. The van der Waals surface area contributed by atoms with Crippen molar-refractivity contribution >= 4 is 12.0 Å². The molecule has 0 aromatic carbocycles. The van der Waals surface area contributed by atoms with E-state index in [1.807, 2.05) is 13.8 Å². The molecule has 2 amide bonds.